The summed E-state index contributed by atoms with van der Waals surface area (Å²) >= 11 is 5.11. The highest BCUT2D eigenvalue weighted by molar-refractivity contribution is 9.11. The number of primary amides is 1. The van der Waals surface area contributed by atoms with Gasteiger partial charge in [0.25, 0.3) is 0 Å². The summed E-state index contributed by atoms with van der Waals surface area (Å²) in [5, 5.41) is 5.29. The van der Waals surface area contributed by atoms with E-state index in [0.29, 0.717) is 17.8 Å². The van der Waals surface area contributed by atoms with E-state index in [0.717, 1.165) is 16.6 Å². The predicted octanol–water partition coefficient (Wildman–Crippen LogP) is 3.96. The Morgan fingerprint density at radius 1 is 1.05 bits per heavy atom. The van der Waals surface area contributed by atoms with Gasteiger partial charge in [0.1, 0.15) is 0 Å². The summed E-state index contributed by atoms with van der Waals surface area (Å²) in [6.45, 7) is 0. The van der Waals surface area contributed by atoms with E-state index in [1.165, 1.54) is 4.88 Å². The first-order valence-corrected chi connectivity index (χ1v) is 8.34. The maximum absolute atomic E-state index is 11.9. The molecule has 2 aromatic rings. The number of thiophene rings is 1. The summed E-state index contributed by atoms with van der Waals surface area (Å²) in [4.78, 5) is 23.8. The molecule has 0 unspecified atom stereocenters. The Morgan fingerprint density at radius 2 is 1.68 bits per heavy atom. The number of anilines is 2. The van der Waals surface area contributed by atoms with Crippen molar-refractivity contribution in [3.63, 3.8) is 0 Å². The maximum Gasteiger partial charge on any atom is 0.316 e. The molecule has 0 saturated carbocycles. The van der Waals surface area contributed by atoms with E-state index in [1.54, 1.807) is 35.6 Å². The zero-order chi connectivity index (χ0) is 15.9. The van der Waals surface area contributed by atoms with Gasteiger partial charge in [-0.05, 0) is 65.2 Å². The van der Waals surface area contributed by atoms with Crippen molar-refractivity contribution in [3.8, 4) is 0 Å². The molecule has 0 bridgehead atoms. The van der Waals surface area contributed by atoms with E-state index in [9.17, 15) is 9.59 Å². The highest BCUT2D eigenvalue weighted by Crippen LogP contribution is 2.23. The van der Waals surface area contributed by atoms with Crippen LogP contribution < -0.4 is 16.4 Å². The average molecular weight is 382 g/mol. The number of rotatable bonds is 6. The van der Waals surface area contributed by atoms with Crippen molar-refractivity contribution in [2.75, 3.05) is 10.6 Å². The molecule has 5 nitrogen and oxygen atoms in total. The van der Waals surface area contributed by atoms with Crippen molar-refractivity contribution >= 4 is 50.6 Å². The fraction of sp³-hybridized carbons (Fsp3) is 0.200. The molecule has 0 aliphatic heterocycles. The van der Waals surface area contributed by atoms with Gasteiger partial charge in [-0.1, -0.05) is 0 Å². The van der Waals surface area contributed by atoms with E-state index < -0.39 is 6.03 Å². The molecule has 0 atom stereocenters. The van der Waals surface area contributed by atoms with Gasteiger partial charge in [-0.3, -0.25) is 4.79 Å². The second-order valence-corrected chi connectivity index (χ2v) is 7.22. The van der Waals surface area contributed by atoms with Gasteiger partial charge in [0.05, 0.1) is 3.79 Å². The summed E-state index contributed by atoms with van der Waals surface area (Å²) in [6.07, 6.45) is 2.17. The van der Waals surface area contributed by atoms with Crippen LogP contribution in [-0.4, -0.2) is 11.9 Å². The van der Waals surface area contributed by atoms with Crippen molar-refractivity contribution < 1.29 is 9.59 Å². The van der Waals surface area contributed by atoms with Crippen LogP contribution in [0.5, 0.6) is 0 Å². The number of aryl methyl sites for hydroxylation is 1. The number of hydrogen-bond acceptors (Lipinski definition) is 3. The van der Waals surface area contributed by atoms with Crippen LogP contribution in [0, 0.1) is 0 Å². The molecule has 3 amide bonds. The molecule has 0 aliphatic carbocycles. The van der Waals surface area contributed by atoms with Crippen LogP contribution in [0.1, 0.15) is 17.7 Å². The molecule has 7 heteroatoms. The van der Waals surface area contributed by atoms with Crippen LogP contribution in [0.3, 0.4) is 0 Å². The highest BCUT2D eigenvalue weighted by atomic mass is 79.9. The Morgan fingerprint density at radius 3 is 2.23 bits per heavy atom. The maximum atomic E-state index is 11.9. The number of carbonyl (C=O) groups excluding carboxylic acids is 2. The standard InChI is InChI=1S/C15H16BrN3O2S/c16-13-9-8-12(22-13)2-1-3-14(20)18-10-4-6-11(7-5-10)19-15(17)21/h4-9H,1-3H2,(H,18,20)(H3,17,19,21). The third-order valence-electron chi connectivity index (χ3n) is 2.89. The van der Waals surface area contributed by atoms with Gasteiger partial charge < -0.3 is 16.4 Å². The predicted molar refractivity (Wildman–Crippen MR) is 93.2 cm³/mol. The number of urea groups is 1. The molecule has 4 N–H and O–H groups in total. The Kier molecular flexibility index (Phi) is 5.97. The van der Waals surface area contributed by atoms with E-state index in [1.807, 2.05) is 6.07 Å². The average Bonchev–Trinajstić information content (AvgIpc) is 2.86. The molecule has 1 aromatic carbocycles. The van der Waals surface area contributed by atoms with Gasteiger partial charge in [0.15, 0.2) is 0 Å². The monoisotopic (exact) mass is 381 g/mol. The lowest BCUT2D eigenvalue weighted by atomic mass is 10.2. The topological polar surface area (TPSA) is 84.2 Å². The quantitative estimate of drug-likeness (QED) is 0.707. The minimum atomic E-state index is -0.614. The number of carbonyl (C=O) groups is 2. The van der Waals surface area contributed by atoms with Gasteiger partial charge in [-0.15, -0.1) is 11.3 Å². The first-order valence-electron chi connectivity index (χ1n) is 6.73. The van der Waals surface area contributed by atoms with Crippen LogP contribution in [0.4, 0.5) is 16.2 Å². The van der Waals surface area contributed by atoms with E-state index >= 15 is 0 Å². The Hall–Kier alpha value is -1.86. The number of nitrogens with one attached hydrogen (secondary N) is 2. The van der Waals surface area contributed by atoms with E-state index in [2.05, 4.69) is 32.6 Å². The van der Waals surface area contributed by atoms with E-state index in [4.69, 9.17) is 5.73 Å². The van der Waals surface area contributed by atoms with Gasteiger partial charge in [-0.2, -0.15) is 0 Å². The smallest absolute Gasteiger partial charge is 0.316 e. The van der Waals surface area contributed by atoms with Crippen LogP contribution >= 0.6 is 27.3 Å². The SMILES string of the molecule is NC(=O)Nc1ccc(NC(=O)CCCc2ccc(Br)s2)cc1. The van der Waals surface area contributed by atoms with Crippen molar-refractivity contribution in [2.24, 2.45) is 5.73 Å². The zero-order valence-electron chi connectivity index (χ0n) is 11.8. The molecule has 116 valence electrons. The molecule has 22 heavy (non-hydrogen) atoms. The number of hydrogen-bond donors (Lipinski definition) is 3. The zero-order valence-corrected chi connectivity index (χ0v) is 14.2. The molecular weight excluding hydrogens is 366 g/mol. The first kappa shape index (κ1) is 16.5. The lowest BCUT2D eigenvalue weighted by Crippen LogP contribution is -2.19. The molecule has 0 radical (unpaired) electrons. The minimum Gasteiger partial charge on any atom is -0.351 e. The fourth-order valence-electron chi connectivity index (χ4n) is 1.91. The van der Waals surface area contributed by atoms with Crippen LogP contribution in [-0.2, 0) is 11.2 Å². The lowest BCUT2D eigenvalue weighted by Gasteiger charge is -2.06. The molecule has 0 fully saturated rings. The van der Waals surface area contributed by atoms with Crippen molar-refractivity contribution in [1.82, 2.24) is 0 Å². The largest absolute Gasteiger partial charge is 0.351 e. The van der Waals surface area contributed by atoms with Crippen molar-refractivity contribution in [1.29, 1.82) is 0 Å². The number of amides is 3. The fourth-order valence-corrected chi connectivity index (χ4v) is 3.44. The van der Waals surface area contributed by atoms with Crippen molar-refractivity contribution in [3.05, 3.63) is 45.1 Å². The third kappa shape index (κ3) is 5.50. The summed E-state index contributed by atoms with van der Waals surface area (Å²) in [5.74, 6) is -0.0220. The summed E-state index contributed by atoms with van der Waals surface area (Å²) in [6, 6.07) is 10.3. The second-order valence-electron chi connectivity index (χ2n) is 4.67. The third-order valence-corrected chi connectivity index (χ3v) is 4.58. The molecular formula is C15H16BrN3O2S. The summed E-state index contributed by atoms with van der Waals surface area (Å²) in [5.41, 5.74) is 6.31. The molecule has 0 aliphatic rings. The number of nitrogens with two attached hydrogens (primary N) is 1. The highest BCUT2D eigenvalue weighted by Gasteiger charge is 2.04. The Labute approximate surface area is 141 Å². The molecule has 1 aromatic heterocycles. The Bertz CT molecular complexity index is 655. The molecule has 1 heterocycles. The normalized spacial score (nSPS) is 10.2. The number of benzene rings is 1. The summed E-state index contributed by atoms with van der Waals surface area (Å²) < 4.78 is 1.11. The molecule has 0 saturated heterocycles. The molecule has 2 rings (SSSR count). The number of halogens is 1. The van der Waals surface area contributed by atoms with Gasteiger partial charge >= 0.3 is 6.03 Å². The lowest BCUT2D eigenvalue weighted by molar-refractivity contribution is -0.116. The van der Waals surface area contributed by atoms with Gasteiger partial charge in [0, 0.05) is 22.7 Å². The summed E-state index contributed by atoms with van der Waals surface area (Å²) in [7, 11) is 0. The van der Waals surface area contributed by atoms with Crippen LogP contribution in [0.2, 0.25) is 0 Å². The second kappa shape index (κ2) is 7.95. The van der Waals surface area contributed by atoms with Gasteiger partial charge in [-0.25, -0.2) is 4.79 Å². The minimum absolute atomic E-state index is 0.0220. The van der Waals surface area contributed by atoms with Crippen molar-refractivity contribution in [2.45, 2.75) is 19.3 Å². The first-order chi connectivity index (χ1) is 10.5. The van der Waals surface area contributed by atoms with Crippen LogP contribution in [0.15, 0.2) is 40.2 Å². The Balaban J connectivity index is 1.75. The van der Waals surface area contributed by atoms with Gasteiger partial charge in [0.2, 0.25) is 5.91 Å². The van der Waals surface area contributed by atoms with Crippen LogP contribution in [0.25, 0.3) is 0 Å². The van der Waals surface area contributed by atoms with E-state index in [-0.39, 0.29) is 5.91 Å². The molecule has 0 spiro atoms.